The second kappa shape index (κ2) is 5.75. The summed E-state index contributed by atoms with van der Waals surface area (Å²) in [6, 6.07) is 40.4. The molecule has 0 spiro atoms. The van der Waals surface area contributed by atoms with E-state index in [-0.39, 0.29) is 0 Å². The van der Waals surface area contributed by atoms with Crippen molar-refractivity contribution in [1.29, 1.82) is 0 Å². The fourth-order valence-electron chi connectivity index (χ4n) is 6.13. The molecule has 32 heavy (non-hydrogen) atoms. The summed E-state index contributed by atoms with van der Waals surface area (Å²) in [5.41, 5.74) is 2.75. The van der Waals surface area contributed by atoms with Gasteiger partial charge in [0.15, 0.2) is 0 Å². The Labute approximate surface area is 184 Å². The van der Waals surface area contributed by atoms with E-state index >= 15 is 0 Å². The van der Waals surface area contributed by atoms with Crippen LogP contribution in [0.3, 0.4) is 0 Å². The summed E-state index contributed by atoms with van der Waals surface area (Å²) in [7, 11) is 0. The van der Waals surface area contributed by atoms with Crippen LogP contribution in [0.2, 0.25) is 0 Å². The molecule has 0 saturated heterocycles. The van der Waals surface area contributed by atoms with E-state index in [0.717, 1.165) is 0 Å². The van der Waals surface area contributed by atoms with Gasteiger partial charge in [0.25, 0.3) is 0 Å². The Morgan fingerprint density at radius 2 is 0.469 bits per heavy atom. The molecule has 8 rings (SSSR count). The molecule has 0 atom stereocenters. The number of hydrogen-bond donors (Lipinski definition) is 0. The average molecular weight is 402 g/mol. The summed E-state index contributed by atoms with van der Waals surface area (Å²) in [5.74, 6) is 0. The van der Waals surface area contributed by atoms with E-state index in [4.69, 9.17) is 0 Å². The van der Waals surface area contributed by atoms with Crippen molar-refractivity contribution >= 4 is 43.1 Å². The molecule has 0 unspecified atom stereocenters. The minimum atomic E-state index is 1.30. The zero-order valence-electron chi connectivity index (χ0n) is 17.4. The minimum absolute atomic E-state index is 1.30. The van der Waals surface area contributed by atoms with Crippen LogP contribution in [-0.4, -0.2) is 0 Å². The van der Waals surface area contributed by atoms with Crippen molar-refractivity contribution in [1.82, 2.24) is 0 Å². The predicted octanol–water partition coefficient (Wildman–Crippen LogP) is 8.29. The first-order valence-electron chi connectivity index (χ1n) is 11.2. The van der Waals surface area contributed by atoms with Gasteiger partial charge >= 0.3 is 0 Å². The van der Waals surface area contributed by atoms with Gasteiger partial charge in [0, 0.05) is 0 Å². The molecule has 4 aromatic carbocycles. The third-order valence-electron chi connectivity index (χ3n) is 7.32. The summed E-state index contributed by atoms with van der Waals surface area (Å²) in [5, 5.41) is 16.2. The predicted molar refractivity (Wildman–Crippen MR) is 135 cm³/mol. The van der Waals surface area contributed by atoms with Crippen LogP contribution in [0.4, 0.5) is 0 Å². The van der Waals surface area contributed by atoms with Gasteiger partial charge in [-0.15, -0.1) is 0 Å². The fraction of sp³-hybridized carbons (Fsp3) is 0. The number of hydrogen-bond acceptors (Lipinski definition) is 0. The Balaban J connectivity index is 1.74. The maximum Gasteiger partial charge on any atom is -0.00134 e. The molecule has 0 radical (unpaired) electrons. The van der Waals surface area contributed by atoms with Gasteiger partial charge < -0.3 is 0 Å². The van der Waals surface area contributed by atoms with Crippen molar-refractivity contribution in [2.24, 2.45) is 0 Å². The van der Waals surface area contributed by atoms with Crippen LogP contribution in [0, 0.1) is 20.9 Å². The Kier molecular flexibility index (Phi) is 2.97. The lowest BCUT2D eigenvalue weighted by Gasteiger charge is -2.05. The van der Waals surface area contributed by atoms with Crippen LogP contribution in [0.25, 0.3) is 54.2 Å². The van der Waals surface area contributed by atoms with Crippen molar-refractivity contribution in [3.05, 3.63) is 130 Å². The second-order valence-corrected chi connectivity index (χ2v) is 8.88. The Bertz CT molecular complexity index is 1780. The lowest BCUT2D eigenvalue weighted by molar-refractivity contribution is 1.71. The molecule has 4 aliphatic carbocycles. The summed E-state index contributed by atoms with van der Waals surface area (Å²) in [4.78, 5) is 0. The highest BCUT2D eigenvalue weighted by molar-refractivity contribution is 6.14. The fourth-order valence-corrected chi connectivity index (χ4v) is 6.13. The topological polar surface area (TPSA) is 0 Å². The number of benzene rings is 4. The molecule has 4 aliphatic rings. The average Bonchev–Trinajstić information content (AvgIpc) is 3.15. The highest BCUT2D eigenvalue weighted by atomic mass is 14.2. The molecule has 4 aromatic rings. The molecule has 0 aromatic heterocycles. The van der Waals surface area contributed by atoms with Crippen LogP contribution in [0.5, 0.6) is 0 Å². The van der Waals surface area contributed by atoms with Crippen molar-refractivity contribution in [3.8, 4) is 11.1 Å². The Hall–Kier alpha value is -4.16. The molecular weight excluding hydrogens is 384 g/mol. The smallest absolute Gasteiger partial charge is 0.00134 e. The number of rotatable bonds is 1. The van der Waals surface area contributed by atoms with Crippen LogP contribution in [-0.2, 0) is 0 Å². The molecule has 0 aliphatic heterocycles. The molecule has 0 heteroatoms. The van der Waals surface area contributed by atoms with Gasteiger partial charge in [-0.3, -0.25) is 0 Å². The normalized spacial score (nSPS) is 12.4. The zero-order valence-corrected chi connectivity index (χ0v) is 17.4. The maximum absolute atomic E-state index is 2.31. The quantitative estimate of drug-likeness (QED) is 0.259. The van der Waals surface area contributed by atoms with Crippen LogP contribution >= 0.6 is 0 Å². The van der Waals surface area contributed by atoms with E-state index in [1.807, 2.05) is 0 Å². The molecular formula is C32H18. The highest BCUT2D eigenvalue weighted by Gasteiger charge is 2.20. The van der Waals surface area contributed by atoms with Crippen molar-refractivity contribution in [2.75, 3.05) is 0 Å². The summed E-state index contributed by atoms with van der Waals surface area (Å²) >= 11 is 0. The minimum Gasteiger partial charge on any atom is -0.0610 e. The van der Waals surface area contributed by atoms with E-state index in [0.29, 0.717) is 0 Å². The molecule has 0 heterocycles. The molecule has 146 valence electrons. The Morgan fingerprint density at radius 1 is 0.250 bits per heavy atom. The monoisotopic (exact) mass is 402 g/mol. The standard InChI is InChI=1S/C32H18/c1-7-19-11-3-15-23-27(19)28-20(8-1)12-4-16-24(28)31(23)32-25-17-5-13-21-9-2-10-22-14-6-18-26(32)30(22)29(21)25/h1-18H. The van der Waals surface area contributed by atoms with E-state index in [9.17, 15) is 0 Å². The second-order valence-electron chi connectivity index (χ2n) is 8.88. The summed E-state index contributed by atoms with van der Waals surface area (Å²) in [6.45, 7) is 0. The van der Waals surface area contributed by atoms with Crippen molar-refractivity contribution < 1.29 is 0 Å². The van der Waals surface area contributed by atoms with Gasteiger partial charge in [-0.05, 0) is 75.1 Å². The van der Waals surface area contributed by atoms with Gasteiger partial charge in [0.2, 0.25) is 0 Å². The zero-order chi connectivity index (χ0) is 20.8. The van der Waals surface area contributed by atoms with Gasteiger partial charge in [0.05, 0.1) is 0 Å². The molecule has 0 amide bonds. The SMILES string of the molecule is c1cc2cccc3c(-c4c5cccc6cccc7cccc4c7=c65)c4cccc(c1)c4=c23. The molecule has 0 nitrogen and oxygen atoms in total. The van der Waals surface area contributed by atoms with Crippen LogP contribution in [0.1, 0.15) is 0 Å². The summed E-state index contributed by atoms with van der Waals surface area (Å²) in [6.07, 6.45) is 0. The van der Waals surface area contributed by atoms with Gasteiger partial charge in [0.1, 0.15) is 0 Å². The largest absolute Gasteiger partial charge is 0.0610 e. The third-order valence-corrected chi connectivity index (χ3v) is 7.32. The van der Waals surface area contributed by atoms with Gasteiger partial charge in [-0.25, -0.2) is 0 Å². The Morgan fingerprint density at radius 3 is 0.719 bits per heavy atom. The van der Waals surface area contributed by atoms with E-state index in [1.54, 1.807) is 0 Å². The van der Waals surface area contributed by atoms with E-state index in [1.165, 1.54) is 75.1 Å². The van der Waals surface area contributed by atoms with E-state index < -0.39 is 0 Å². The first kappa shape index (κ1) is 16.5. The van der Waals surface area contributed by atoms with E-state index in [2.05, 4.69) is 109 Å². The first-order chi connectivity index (χ1) is 15.9. The lowest BCUT2D eigenvalue weighted by atomic mass is 9.97. The summed E-state index contributed by atoms with van der Waals surface area (Å²) < 4.78 is 0. The van der Waals surface area contributed by atoms with Crippen LogP contribution < -0.4 is 0 Å². The first-order valence-corrected chi connectivity index (χ1v) is 11.2. The molecule has 0 bridgehead atoms. The molecule has 0 fully saturated rings. The van der Waals surface area contributed by atoms with Crippen molar-refractivity contribution in [3.63, 3.8) is 0 Å². The van der Waals surface area contributed by atoms with Crippen LogP contribution in [0.15, 0.2) is 109 Å². The molecule has 0 N–H and O–H groups in total. The highest BCUT2D eigenvalue weighted by Crippen LogP contribution is 2.44. The maximum atomic E-state index is 2.31. The van der Waals surface area contributed by atoms with Gasteiger partial charge in [-0.2, -0.15) is 0 Å². The molecule has 0 saturated carbocycles. The van der Waals surface area contributed by atoms with Crippen molar-refractivity contribution in [2.45, 2.75) is 0 Å². The third kappa shape index (κ3) is 1.89. The lowest BCUT2D eigenvalue weighted by Crippen LogP contribution is -1.79. The van der Waals surface area contributed by atoms with Gasteiger partial charge in [-0.1, -0.05) is 109 Å².